The molecule has 5 nitrogen and oxygen atoms in total. The molecule has 0 aromatic carbocycles. The van der Waals surface area contributed by atoms with Crippen molar-refractivity contribution in [2.45, 2.75) is 26.3 Å². The van der Waals surface area contributed by atoms with Crippen LogP contribution in [0, 0.1) is 5.92 Å². The van der Waals surface area contributed by atoms with Crippen LogP contribution in [0.15, 0.2) is 24.5 Å². The number of rotatable bonds is 5. The van der Waals surface area contributed by atoms with Gasteiger partial charge in [-0.15, -0.1) is 0 Å². The zero-order chi connectivity index (χ0) is 12.7. The first-order chi connectivity index (χ1) is 8.13. The maximum absolute atomic E-state index is 11.7. The van der Waals surface area contributed by atoms with Crippen LogP contribution in [0.4, 0.5) is 10.5 Å². The molecule has 2 amide bonds. The van der Waals surface area contributed by atoms with E-state index >= 15 is 0 Å². The highest BCUT2D eigenvalue weighted by atomic mass is 16.3. The van der Waals surface area contributed by atoms with E-state index in [9.17, 15) is 4.79 Å². The number of aliphatic hydroxyl groups is 1. The van der Waals surface area contributed by atoms with Crippen molar-refractivity contribution in [2.24, 2.45) is 5.92 Å². The molecule has 1 atom stereocenters. The van der Waals surface area contributed by atoms with E-state index in [1.54, 1.807) is 24.5 Å². The summed E-state index contributed by atoms with van der Waals surface area (Å²) >= 11 is 0. The van der Waals surface area contributed by atoms with Crippen molar-refractivity contribution >= 4 is 11.7 Å². The monoisotopic (exact) mass is 237 g/mol. The fourth-order valence-electron chi connectivity index (χ4n) is 1.48. The van der Waals surface area contributed by atoms with Gasteiger partial charge in [-0.2, -0.15) is 0 Å². The molecule has 1 rings (SSSR count). The molecule has 1 aromatic heterocycles. The van der Waals surface area contributed by atoms with Crippen LogP contribution in [-0.2, 0) is 0 Å². The largest absolute Gasteiger partial charge is 0.396 e. The number of pyridine rings is 1. The molecule has 3 N–H and O–H groups in total. The van der Waals surface area contributed by atoms with E-state index in [0.29, 0.717) is 12.1 Å². The lowest BCUT2D eigenvalue weighted by Gasteiger charge is -2.21. The van der Waals surface area contributed by atoms with Gasteiger partial charge in [0, 0.05) is 30.7 Å². The highest BCUT2D eigenvalue weighted by Crippen LogP contribution is 2.07. The SMILES string of the molecule is CC(C)C(CCO)NC(=O)Nc1ccncc1. The van der Waals surface area contributed by atoms with Gasteiger partial charge >= 0.3 is 6.03 Å². The van der Waals surface area contributed by atoms with Gasteiger partial charge in [-0.05, 0) is 24.5 Å². The highest BCUT2D eigenvalue weighted by Gasteiger charge is 2.15. The molecule has 0 aliphatic carbocycles. The average Bonchev–Trinajstić information content (AvgIpc) is 2.29. The summed E-state index contributed by atoms with van der Waals surface area (Å²) in [7, 11) is 0. The van der Waals surface area contributed by atoms with E-state index < -0.39 is 0 Å². The molecule has 5 heteroatoms. The smallest absolute Gasteiger partial charge is 0.319 e. The lowest BCUT2D eigenvalue weighted by atomic mass is 10.0. The van der Waals surface area contributed by atoms with Crippen molar-refractivity contribution in [1.29, 1.82) is 0 Å². The predicted molar refractivity (Wildman–Crippen MR) is 66.7 cm³/mol. The van der Waals surface area contributed by atoms with Crippen molar-refractivity contribution in [1.82, 2.24) is 10.3 Å². The predicted octanol–water partition coefficient (Wildman–Crippen LogP) is 1.61. The van der Waals surface area contributed by atoms with Crippen LogP contribution in [0.2, 0.25) is 0 Å². The Morgan fingerprint density at radius 2 is 2.06 bits per heavy atom. The van der Waals surface area contributed by atoms with Crippen LogP contribution >= 0.6 is 0 Å². The van der Waals surface area contributed by atoms with Gasteiger partial charge in [0.2, 0.25) is 0 Å². The number of carbonyl (C=O) groups excluding carboxylic acids is 1. The van der Waals surface area contributed by atoms with Gasteiger partial charge in [0.25, 0.3) is 0 Å². The summed E-state index contributed by atoms with van der Waals surface area (Å²) in [6, 6.07) is 3.15. The number of hydrogen-bond donors (Lipinski definition) is 3. The van der Waals surface area contributed by atoms with E-state index in [-0.39, 0.29) is 24.6 Å². The Labute approximate surface area is 101 Å². The Balaban J connectivity index is 2.48. The van der Waals surface area contributed by atoms with E-state index in [1.807, 2.05) is 13.8 Å². The minimum absolute atomic E-state index is 0.0261. The second-order valence-corrected chi connectivity index (χ2v) is 4.20. The van der Waals surface area contributed by atoms with Gasteiger partial charge in [0.1, 0.15) is 0 Å². The Morgan fingerprint density at radius 1 is 1.41 bits per heavy atom. The first kappa shape index (κ1) is 13.4. The molecule has 0 saturated heterocycles. The third-order valence-electron chi connectivity index (χ3n) is 2.50. The second-order valence-electron chi connectivity index (χ2n) is 4.20. The zero-order valence-corrected chi connectivity index (χ0v) is 10.2. The van der Waals surface area contributed by atoms with Gasteiger partial charge < -0.3 is 15.7 Å². The van der Waals surface area contributed by atoms with Crippen molar-refractivity contribution < 1.29 is 9.90 Å². The maximum Gasteiger partial charge on any atom is 0.319 e. The summed E-state index contributed by atoms with van der Waals surface area (Å²) in [4.78, 5) is 15.5. The number of carbonyl (C=O) groups is 1. The van der Waals surface area contributed by atoms with Gasteiger partial charge in [-0.1, -0.05) is 13.8 Å². The van der Waals surface area contributed by atoms with Crippen LogP contribution in [0.5, 0.6) is 0 Å². The Bertz CT molecular complexity index is 341. The summed E-state index contributed by atoms with van der Waals surface area (Å²) < 4.78 is 0. The molecule has 0 spiro atoms. The van der Waals surface area contributed by atoms with Crippen molar-refractivity contribution in [2.75, 3.05) is 11.9 Å². The van der Waals surface area contributed by atoms with Crippen molar-refractivity contribution in [3.8, 4) is 0 Å². The van der Waals surface area contributed by atoms with E-state index in [4.69, 9.17) is 5.11 Å². The zero-order valence-electron chi connectivity index (χ0n) is 10.2. The molecular formula is C12H19N3O2. The molecular weight excluding hydrogens is 218 g/mol. The first-order valence-electron chi connectivity index (χ1n) is 5.72. The quantitative estimate of drug-likeness (QED) is 0.728. The number of amides is 2. The Kier molecular flexibility index (Phi) is 5.42. The fraction of sp³-hybridized carbons (Fsp3) is 0.500. The third-order valence-corrected chi connectivity index (χ3v) is 2.50. The van der Waals surface area contributed by atoms with E-state index in [0.717, 1.165) is 0 Å². The Morgan fingerprint density at radius 3 is 2.59 bits per heavy atom. The number of hydrogen-bond acceptors (Lipinski definition) is 3. The van der Waals surface area contributed by atoms with Gasteiger partial charge in [0.15, 0.2) is 0 Å². The molecule has 0 aliphatic heterocycles. The average molecular weight is 237 g/mol. The fourth-order valence-corrected chi connectivity index (χ4v) is 1.48. The molecule has 1 heterocycles. The number of aliphatic hydroxyl groups excluding tert-OH is 1. The maximum atomic E-state index is 11.7. The van der Waals surface area contributed by atoms with Crippen LogP contribution < -0.4 is 10.6 Å². The Hall–Kier alpha value is -1.62. The number of anilines is 1. The van der Waals surface area contributed by atoms with Crippen LogP contribution in [0.3, 0.4) is 0 Å². The minimum Gasteiger partial charge on any atom is -0.396 e. The lowest BCUT2D eigenvalue weighted by molar-refractivity contribution is 0.227. The first-order valence-corrected chi connectivity index (χ1v) is 5.72. The molecule has 94 valence electrons. The van der Waals surface area contributed by atoms with Crippen molar-refractivity contribution in [3.63, 3.8) is 0 Å². The summed E-state index contributed by atoms with van der Waals surface area (Å²) in [5.74, 6) is 0.283. The molecule has 0 radical (unpaired) electrons. The molecule has 0 bridgehead atoms. The van der Waals surface area contributed by atoms with Crippen molar-refractivity contribution in [3.05, 3.63) is 24.5 Å². The summed E-state index contributed by atoms with van der Waals surface area (Å²) in [6.07, 6.45) is 3.79. The number of nitrogens with one attached hydrogen (secondary N) is 2. The molecule has 0 fully saturated rings. The van der Waals surface area contributed by atoms with Gasteiger partial charge in [-0.25, -0.2) is 4.79 Å². The molecule has 1 aromatic rings. The molecule has 17 heavy (non-hydrogen) atoms. The normalized spacial score (nSPS) is 12.2. The number of nitrogens with zero attached hydrogens (tertiary/aromatic N) is 1. The van der Waals surface area contributed by atoms with Crippen LogP contribution in [0.1, 0.15) is 20.3 Å². The standard InChI is InChI=1S/C12H19N3O2/c1-9(2)11(5-8-16)15-12(17)14-10-3-6-13-7-4-10/h3-4,6-7,9,11,16H,5,8H2,1-2H3,(H2,13,14,15,17). The molecule has 1 unspecified atom stereocenters. The van der Waals surface area contributed by atoms with Crippen LogP contribution in [-0.4, -0.2) is 28.8 Å². The van der Waals surface area contributed by atoms with Crippen LogP contribution in [0.25, 0.3) is 0 Å². The topological polar surface area (TPSA) is 74.2 Å². The summed E-state index contributed by atoms with van der Waals surface area (Å²) in [5.41, 5.74) is 0.698. The van der Waals surface area contributed by atoms with Gasteiger partial charge in [0.05, 0.1) is 0 Å². The summed E-state index contributed by atoms with van der Waals surface area (Å²) in [5, 5.41) is 14.5. The summed E-state index contributed by atoms with van der Waals surface area (Å²) in [6.45, 7) is 4.08. The minimum atomic E-state index is -0.261. The van der Waals surface area contributed by atoms with E-state index in [2.05, 4.69) is 15.6 Å². The molecule has 0 aliphatic rings. The second kappa shape index (κ2) is 6.85. The third kappa shape index (κ3) is 4.82. The van der Waals surface area contributed by atoms with E-state index in [1.165, 1.54) is 0 Å². The van der Waals surface area contributed by atoms with Gasteiger partial charge in [-0.3, -0.25) is 4.98 Å². The number of aromatic nitrogens is 1. The lowest BCUT2D eigenvalue weighted by Crippen LogP contribution is -2.41. The molecule has 0 saturated carbocycles. The highest BCUT2D eigenvalue weighted by molar-refractivity contribution is 5.89. The number of urea groups is 1.